The molecule has 92 valence electrons. The quantitative estimate of drug-likeness (QED) is 0.851. The molecule has 0 aromatic carbocycles. The van der Waals surface area contributed by atoms with Crippen LogP contribution in [0.4, 0.5) is 0 Å². The molecule has 2 heterocycles. The minimum Gasteiger partial charge on any atom is -0.441 e. The topological polar surface area (TPSA) is 69.9 Å². The Labute approximate surface area is 101 Å². The lowest BCUT2D eigenvalue weighted by atomic mass is 10.2. The van der Waals surface area contributed by atoms with Gasteiger partial charge in [0.2, 0.25) is 0 Å². The first-order valence-corrected chi connectivity index (χ1v) is 5.92. The third-order valence-electron chi connectivity index (χ3n) is 2.65. The monoisotopic (exact) mass is 234 g/mol. The minimum absolute atomic E-state index is 0.658. The number of hydrogen-bond acceptors (Lipinski definition) is 4. The summed E-state index contributed by atoms with van der Waals surface area (Å²) < 4.78 is 7.51. The summed E-state index contributed by atoms with van der Waals surface area (Å²) in [6, 6.07) is 0. The Morgan fingerprint density at radius 1 is 1.47 bits per heavy atom. The zero-order chi connectivity index (χ0) is 12.3. The van der Waals surface area contributed by atoms with Crippen molar-refractivity contribution < 1.29 is 4.42 Å². The molecular formula is C12H18N4O. The molecule has 0 radical (unpaired) electrons. The van der Waals surface area contributed by atoms with Crippen molar-refractivity contribution in [2.24, 2.45) is 12.8 Å². The number of aryl methyl sites for hydroxylation is 3. The van der Waals surface area contributed by atoms with Gasteiger partial charge in [-0.2, -0.15) is 5.10 Å². The summed E-state index contributed by atoms with van der Waals surface area (Å²) in [5.41, 5.74) is 7.53. The fourth-order valence-corrected chi connectivity index (χ4v) is 1.81. The van der Waals surface area contributed by atoms with Gasteiger partial charge in [0.05, 0.1) is 17.5 Å². The van der Waals surface area contributed by atoms with Gasteiger partial charge in [-0.05, 0) is 19.4 Å². The number of hydrogen-bond donors (Lipinski definition) is 1. The lowest BCUT2D eigenvalue weighted by molar-refractivity contribution is 0.499. The van der Waals surface area contributed by atoms with Crippen molar-refractivity contribution in [2.75, 3.05) is 6.54 Å². The zero-order valence-electron chi connectivity index (χ0n) is 10.3. The first-order chi connectivity index (χ1) is 8.24. The molecule has 0 bridgehead atoms. The molecule has 0 unspecified atom stereocenters. The maximum Gasteiger partial charge on any atom is 0.194 e. The van der Waals surface area contributed by atoms with Crippen LogP contribution in [0.15, 0.2) is 16.8 Å². The lowest BCUT2D eigenvalue weighted by Crippen LogP contribution is -2.00. The Balaban J connectivity index is 2.23. The van der Waals surface area contributed by atoms with Crippen LogP contribution >= 0.6 is 0 Å². The molecule has 0 spiro atoms. The van der Waals surface area contributed by atoms with E-state index in [4.69, 9.17) is 10.2 Å². The van der Waals surface area contributed by atoms with Crippen LogP contribution in [-0.4, -0.2) is 21.3 Å². The van der Waals surface area contributed by atoms with Crippen LogP contribution in [0.3, 0.4) is 0 Å². The van der Waals surface area contributed by atoms with Crippen molar-refractivity contribution in [2.45, 2.75) is 26.2 Å². The Morgan fingerprint density at radius 2 is 2.29 bits per heavy atom. The van der Waals surface area contributed by atoms with E-state index >= 15 is 0 Å². The number of nitrogens with zero attached hydrogens (tertiary/aromatic N) is 3. The van der Waals surface area contributed by atoms with Gasteiger partial charge in [-0.25, -0.2) is 4.98 Å². The smallest absolute Gasteiger partial charge is 0.194 e. The van der Waals surface area contributed by atoms with Gasteiger partial charge in [0.1, 0.15) is 0 Å². The van der Waals surface area contributed by atoms with Crippen LogP contribution in [0.2, 0.25) is 0 Å². The minimum atomic E-state index is 0.658. The van der Waals surface area contributed by atoms with Crippen molar-refractivity contribution in [3.05, 3.63) is 24.0 Å². The van der Waals surface area contributed by atoms with E-state index in [1.165, 1.54) is 0 Å². The van der Waals surface area contributed by atoms with Gasteiger partial charge >= 0.3 is 0 Å². The van der Waals surface area contributed by atoms with Gasteiger partial charge in [0.15, 0.2) is 11.7 Å². The maximum absolute atomic E-state index is 5.71. The molecule has 0 saturated carbocycles. The number of aromatic nitrogens is 3. The van der Waals surface area contributed by atoms with E-state index in [9.17, 15) is 0 Å². The molecule has 0 amide bonds. The predicted octanol–water partition coefficient (Wildman–Crippen LogP) is 1.53. The van der Waals surface area contributed by atoms with E-state index in [-0.39, 0.29) is 0 Å². The molecule has 2 aromatic heterocycles. The summed E-state index contributed by atoms with van der Waals surface area (Å²) in [6.07, 6.45) is 6.30. The Hall–Kier alpha value is -1.62. The first-order valence-electron chi connectivity index (χ1n) is 5.92. The third-order valence-corrected chi connectivity index (χ3v) is 2.65. The fourth-order valence-electron chi connectivity index (χ4n) is 1.81. The molecule has 5 heteroatoms. The predicted molar refractivity (Wildman–Crippen MR) is 65.5 cm³/mol. The summed E-state index contributed by atoms with van der Waals surface area (Å²) >= 11 is 0. The van der Waals surface area contributed by atoms with E-state index in [0.29, 0.717) is 6.54 Å². The van der Waals surface area contributed by atoms with Crippen LogP contribution < -0.4 is 5.73 Å². The van der Waals surface area contributed by atoms with Crippen LogP contribution in [-0.2, 0) is 19.9 Å². The van der Waals surface area contributed by atoms with Crippen LogP contribution in [0, 0.1) is 0 Å². The normalized spacial score (nSPS) is 11.0. The van der Waals surface area contributed by atoms with Gasteiger partial charge < -0.3 is 10.2 Å². The number of rotatable bonds is 5. The zero-order valence-corrected chi connectivity index (χ0v) is 10.3. The standard InChI is InChI=1S/C12H18N4O/c1-3-10-9(8-16(2)15-10)11-7-14-12(17-11)5-4-6-13/h7-8H,3-6,13H2,1-2H3. The van der Waals surface area contributed by atoms with E-state index in [1.807, 2.05) is 13.2 Å². The molecule has 0 saturated heterocycles. The van der Waals surface area contributed by atoms with Gasteiger partial charge in [-0.15, -0.1) is 0 Å². The highest BCUT2D eigenvalue weighted by Crippen LogP contribution is 2.24. The fraction of sp³-hybridized carbons (Fsp3) is 0.500. The first kappa shape index (κ1) is 11.9. The highest BCUT2D eigenvalue weighted by molar-refractivity contribution is 5.58. The maximum atomic E-state index is 5.71. The summed E-state index contributed by atoms with van der Waals surface area (Å²) in [7, 11) is 1.91. The van der Waals surface area contributed by atoms with E-state index in [1.54, 1.807) is 10.9 Å². The second-order valence-electron chi connectivity index (χ2n) is 4.03. The van der Waals surface area contributed by atoms with E-state index in [0.717, 1.165) is 42.2 Å². The van der Waals surface area contributed by atoms with Gasteiger partial charge in [-0.3, -0.25) is 4.68 Å². The molecular weight excluding hydrogens is 216 g/mol. The SMILES string of the molecule is CCc1nn(C)cc1-c1cnc(CCCN)o1. The largest absolute Gasteiger partial charge is 0.441 e. The van der Waals surface area contributed by atoms with Crippen LogP contribution in [0.1, 0.15) is 24.9 Å². The Morgan fingerprint density at radius 3 is 3.00 bits per heavy atom. The van der Waals surface area contributed by atoms with Gasteiger partial charge in [-0.1, -0.05) is 6.92 Å². The molecule has 17 heavy (non-hydrogen) atoms. The summed E-state index contributed by atoms with van der Waals surface area (Å²) in [6.45, 7) is 2.74. The van der Waals surface area contributed by atoms with Crippen molar-refractivity contribution in [1.29, 1.82) is 0 Å². The van der Waals surface area contributed by atoms with Crippen molar-refractivity contribution in [3.63, 3.8) is 0 Å². The molecule has 0 aliphatic heterocycles. The summed E-state index contributed by atoms with van der Waals surface area (Å²) in [5.74, 6) is 1.54. The van der Waals surface area contributed by atoms with Crippen LogP contribution in [0.25, 0.3) is 11.3 Å². The second-order valence-corrected chi connectivity index (χ2v) is 4.03. The van der Waals surface area contributed by atoms with Gasteiger partial charge in [0, 0.05) is 19.7 Å². The van der Waals surface area contributed by atoms with Crippen LogP contribution in [0.5, 0.6) is 0 Å². The number of oxazole rings is 1. The molecule has 5 nitrogen and oxygen atoms in total. The molecule has 2 N–H and O–H groups in total. The average molecular weight is 234 g/mol. The van der Waals surface area contributed by atoms with E-state index < -0.39 is 0 Å². The molecule has 0 aliphatic carbocycles. The second kappa shape index (κ2) is 5.14. The third kappa shape index (κ3) is 2.55. The Kier molecular flexibility index (Phi) is 3.58. The molecule has 2 rings (SSSR count). The summed E-state index contributed by atoms with van der Waals surface area (Å²) in [4.78, 5) is 4.26. The van der Waals surface area contributed by atoms with Crippen molar-refractivity contribution in [3.8, 4) is 11.3 Å². The van der Waals surface area contributed by atoms with E-state index in [2.05, 4.69) is 17.0 Å². The highest BCUT2D eigenvalue weighted by Gasteiger charge is 2.13. The number of nitrogens with two attached hydrogens (primary N) is 1. The molecule has 0 aliphatic rings. The average Bonchev–Trinajstić information content (AvgIpc) is 2.92. The van der Waals surface area contributed by atoms with Gasteiger partial charge in [0.25, 0.3) is 0 Å². The lowest BCUT2D eigenvalue weighted by Gasteiger charge is -1.94. The Bertz CT molecular complexity index is 486. The van der Waals surface area contributed by atoms with Crippen molar-refractivity contribution >= 4 is 0 Å². The molecule has 0 fully saturated rings. The molecule has 2 aromatic rings. The van der Waals surface area contributed by atoms with Crippen molar-refractivity contribution in [1.82, 2.24) is 14.8 Å². The molecule has 0 atom stereocenters. The summed E-state index contributed by atoms with van der Waals surface area (Å²) in [5, 5.41) is 4.39. The highest BCUT2D eigenvalue weighted by atomic mass is 16.4.